The predicted molar refractivity (Wildman–Crippen MR) is 84.8 cm³/mol. The number of fused-ring (bicyclic) bond motifs is 1. The second-order valence-corrected chi connectivity index (χ2v) is 5.38. The van der Waals surface area contributed by atoms with E-state index in [1.165, 1.54) is 11.1 Å². The number of amides is 1. The molecule has 0 spiro atoms. The lowest BCUT2D eigenvalue weighted by atomic mass is 9.77. The molecule has 4 nitrogen and oxygen atoms in total. The molecule has 2 aromatic carbocycles. The summed E-state index contributed by atoms with van der Waals surface area (Å²) in [5.74, 6) is 1.80. The van der Waals surface area contributed by atoms with E-state index >= 15 is 0 Å². The van der Waals surface area contributed by atoms with Crippen molar-refractivity contribution in [1.29, 1.82) is 0 Å². The van der Waals surface area contributed by atoms with Crippen LogP contribution in [-0.4, -0.2) is 26.7 Å². The molecular formula is C18H19NO3. The zero-order valence-corrected chi connectivity index (χ0v) is 12.8. The SMILES string of the molecule is COc1cc2c(cc1OC)[C@H](CNC(=O)c1ccccc1)C2. The molecule has 0 heterocycles. The summed E-state index contributed by atoms with van der Waals surface area (Å²) >= 11 is 0. The molecule has 1 amide bonds. The molecule has 0 saturated heterocycles. The highest BCUT2D eigenvalue weighted by Gasteiger charge is 2.28. The summed E-state index contributed by atoms with van der Waals surface area (Å²) in [4.78, 5) is 12.1. The minimum atomic E-state index is -0.0328. The average molecular weight is 297 g/mol. The Kier molecular flexibility index (Phi) is 4.00. The molecule has 1 atom stereocenters. The number of nitrogens with one attached hydrogen (secondary N) is 1. The monoisotopic (exact) mass is 297 g/mol. The third-order valence-electron chi connectivity index (χ3n) is 4.10. The molecule has 1 N–H and O–H groups in total. The molecular weight excluding hydrogens is 278 g/mol. The summed E-state index contributed by atoms with van der Waals surface area (Å²) in [6.07, 6.45) is 0.949. The van der Waals surface area contributed by atoms with Gasteiger partial charge in [0.15, 0.2) is 11.5 Å². The second-order valence-electron chi connectivity index (χ2n) is 5.38. The van der Waals surface area contributed by atoms with Crippen LogP contribution in [0.3, 0.4) is 0 Å². The Morgan fingerprint density at radius 2 is 1.82 bits per heavy atom. The van der Waals surface area contributed by atoms with E-state index in [2.05, 4.69) is 5.32 Å². The van der Waals surface area contributed by atoms with Gasteiger partial charge in [-0.2, -0.15) is 0 Å². The van der Waals surface area contributed by atoms with Crippen LogP contribution in [0, 0.1) is 0 Å². The third-order valence-corrected chi connectivity index (χ3v) is 4.10. The van der Waals surface area contributed by atoms with E-state index in [9.17, 15) is 4.79 Å². The first-order valence-corrected chi connectivity index (χ1v) is 7.31. The van der Waals surface area contributed by atoms with Crippen LogP contribution in [0.15, 0.2) is 42.5 Å². The molecule has 2 aromatic rings. The van der Waals surface area contributed by atoms with Gasteiger partial charge in [-0.25, -0.2) is 0 Å². The van der Waals surface area contributed by atoms with Crippen molar-refractivity contribution >= 4 is 5.91 Å². The number of hydrogen-bond acceptors (Lipinski definition) is 3. The van der Waals surface area contributed by atoms with Gasteiger partial charge in [-0.1, -0.05) is 18.2 Å². The minimum absolute atomic E-state index is 0.0328. The first-order valence-electron chi connectivity index (χ1n) is 7.31. The lowest BCUT2D eigenvalue weighted by Gasteiger charge is -2.31. The zero-order valence-electron chi connectivity index (χ0n) is 12.8. The van der Waals surface area contributed by atoms with Gasteiger partial charge >= 0.3 is 0 Å². The number of carbonyl (C=O) groups is 1. The van der Waals surface area contributed by atoms with E-state index in [-0.39, 0.29) is 5.91 Å². The van der Waals surface area contributed by atoms with Gasteiger partial charge in [-0.05, 0) is 41.8 Å². The number of carbonyl (C=O) groups excluding carboxylic acids is 1. The van der Waals surface area contributed by atoms with Crippen molar-refractivity contribution in [2.45, 2.75) is 12.3 Å². The number of benzene rings is 2. The predicted octanol–water partition coefficient (Wildman–Crippen LogP) is 2.77. The Labute approximate surface area is 130 Å². The summed E-state index contributed by atoms with van der Waals surface area (Å²) in [7, 11) is 3.27. The molecule has 0 unspecified atom stereocenters. The summed E-state index contributed by atoms with van der Waals surface area (Å²) in [5, 5.41) is 3.00. The van der Waals surface area contributed by atoms with E-state index < -0.39 is 0 Å². The Balaban J connectivity index is 1.66. The van der Waals surface area contributed by atoms with Crippen LogP contribution in [0.25, 0.3) is 0 Å². The number of methoxy groups -OCH3 is 2. The summed E-state index contributed by atoms with van der Waals surface area (Å²) < 4.78 is 10.6. The molecule has 22 heavy (non-hydrogen) atoms. The maximum Gasteiger partial charge on any atom is 0.251 e. The zero-order chi connectivity index (χ0) is 15.5. The Morgan fingerprint density at radius 3 is 2.50 bits per heavy atom. The van der Waals surface area contributed by atoms with E-state index in [4.69, 9.17) is 9.47 Å². The largest absolute Gasteiger partial charge is 0.493 e. The maximum absolute atomic E-state index is 12.1. The van der Waals surface area contributed by atoms with E-state index in [0.717, 1.165) is 17.9 Å². The lowest BCUT2D eigenvalue weighted by molar-refractivity contribution is 0.0950. The summed E-state index contributed by atoms with van der Waals surface area (Å²) in [5.41, 5.74) is 3.18. The van der Waals surface area contributed by atoms with Gasteiger partial charge in [0.05, 0.1) is 14.2 Å². The number of hydrogen-bond donors (Lipinski definition) is 1. The van der Waals surface area contributed by atoms with Gasteiger partial charge in [0.1, 0.15) is 0 Å². The normalized spacial score (nSPS) is 15.5. The molecule has 1 aliphatic rings. The molecule has 0 fully saturated rings. The smallest absolute Gasteiger partial charge is 0.251 e. The van der Waals surface area contributed by atoms with Crippen LogP contribution >= 0.6 is 0 Å². The first kappa shape index (κ1) is 14.4. The molecule has 1 aliphatic carbocycles. The molecule has 0 radical (unpaired) electrons. The van der Waals surface area contributed by atoms with Crippen molar-refractivity contribution in [1.82, 2.24) is 5.32 Å². The van der Waals surface area contributed by atoms with Gasteiger partial charge in [0.2, 0.25) is 0 Å². The molecule has 0 aromatic heterocycles. The van der Waals surface area contributed by atoms with Crippen LogP contribution in [0.5, 0.6) is 11.5 Å². The van der Waals surface area contributed by atoms with Crippen molar-refractivity contribution in [2.75, 3.05) is 20.8 Å². The van der Waals surface area contributed by atoms with Gasteiger partial charge < -0.3 is 14.8 Å². The van der Waals surface area contributed by atoms with Crippen molar-refractivity contribution in [2.24, 2.45) is 0 Å². The number of ether oxygens (including phenoxy) is 2. The number of rotatable bonds is 5. The van der Waals surface area contributed by atoms with Gasteiger partial charge in [-0.3, -0.25) is 4.79 Å². The van der Waals surface area contributed by atoms with Crippen LogP contribution in [0.2, 0.25) is 0 Å². The van der Waals surface area contributed by atoms with E-state index in [0.29, 0.717) is 18.0 Å². The molecule has 0 bridgehead atoms. The standard InChI is InChI=1S/C18H19NO3/c1-21-16-9-13-8-14(15(13)10-17(16)22-2)11-19-18(20)12-6-4-3-5-7-12/h3-7,9-10,14H,8,11H2,1-2H3,(H,19,20)/t14-/m0/s1. The Morgan fingerprint density at radius 1 is 1.14 bits per heavy atom. The van der Waals surface area contributed by atoms with Crippen molar-refractivity contribution in [3.05, 3.63) is 59.2 Å². The van der Waals surface area contributed by atoms with E-state index in [1.807, 2.05) is 42.5 Å². The fraction of sp³-hybridized carbons (Fsp3) is 0.278. The molecule has 4 heteroatoms. The fourth-order valence-electron chi connectivity index (χ4n) is 2.83. The van der Waals surface area contributed by atoms with Crippen LogP contribution < -0.4 is 14.8 Å². The van der Waals surface area contributed by atoms with Crippen molar-refractivity contribution < 1.29 is 14.3 Å². The molecule has 3 rings (SSSR count). The highest BCUT2D eigenvalue weighted by atomic mass is 16.5. The first-order chi connectivity index (χ1) is 10.7. The quantitative estimate of drug-likeness (QED) is 0.923. The van der Waals surface area contributed by atoms with Crippen LogP contribution in [0.4, 0.5) is 0 Å². The topological polar surface area (TPSA) is 47.6 Å². The average Bonchev–Trinajstić information content (AvgIpc) is 2.56. The summed E-state index contributed by atoms with van der Waals surface area (Å²) in [6.45, 7) is 0.635. The van der Waals surface area contributed by atoms with Crippen LogP contribution in [-0.2, 0) is 6.42 Å². The minimum Gasteiger partial charge on any atom is -0.493 e. The fourth-order valence-corrected chi connectivity index (χ4v) is 2.83. The molecule has 0 aliphatic heterocycles. The van der Waals surface area contributed by atoms with Crippen LogP contribution in [0.1, 0.15) is 27.4 Å². The summed E-state index contributed by atoms with van der Waals surface area (Å²) in [6, 6.07) is 13.3. The van der Waals surface area contributed by atoms with E-state index in [1.54, 1.807) is 14.2 Å². The highest BCUT2D eigenvalue weighted by Crippen LogP contribution is 2.41. The van der Waals surface area contributed by atoms with Crippen molar-refractivity contribution in [3.63, 3.8) is 0 Å². The molecule has 0 saturated carbocycles. The third kappa shape index (κ3) is 2.64. The highest BCUT2D eigenvalue weighted by molar-refractivity contribution is 5.94. The van der Waals surface area contributed by atoms with Gasteiger partial charge in [-0.15, -0.1) is 0 Å². The van der Waals surface area contributed by atoms with Gasteiger partial charge in [0, 0.05) is 18.0 Å². The lowest BCUT2D eigenvalue weighted by Crippen LogP contribution is -2.33. The molecule has 114 valence electrons. The maximum atomic E-state index is 12.1. The second kappa shape index (κ2) is 6.10. The Hall–Kier alpha value is -2.49. The van der Waals surface area contributed by atoms with Crippen molar-refractivity contribution in [3.8, 4) is 11.5 Å². The van der Waals surface area contributed by atoms with Gasteiger partial charge in [0.25, 0.3) is 5.91 Å². The Bertz CT molecular complexity index is 682.